The van der Waals surface area contributed by atoms with Gasteiger partial charge in [-0.15, -0.1) is 11.3 Å². The SMILES string of the molecule is CCc1nc(CCOc2cccc(C)c2)sc1C(=N)N. The monoisotopic (exact) mass is 289 g/mol. The van der Waals surface area contributed by atoms with E-state index in [9.17, 15) is 0 Å². The number of hydrogen-bond acceptors (Lipinski definition) is 4. The second-order valence-corrected chi connectivity index (χ2v) is 5.65. The lowest BCUT2D eigenvalue weighted by atomic mass is 10.2. The van der Waals surface area contributed by atoms with Crippen molar-refractivity contribution in [1.29, 1.82) is 5.41 Å². The van der Waals surface area contributed by atoms with Gasteiger partial charge in [0.2, 0.25) is 0 Å². The fourth-order valence-corrected chi connectivity index (χ4v) is 2.91. The molecule has 0 aliphatic rings. The van der Waals surface area contributed by atoms with Crippen molar-refractivity contribution in [3.63, 3.8) is 0 Å². The number of nitrogen functional groups attached to an aromatic ring is 1. The largest absolute Gasteiger partial charge is 0.493 e. The Labute approximate surface area is 123 Å². The van der Waals surface area contributed by atoms with Gasteiger partial charge in [-0.3, -0.25) is 5.41 Å². The molecule has 0 spiro atoms. The van der Waals surface area contributed by atoms with Crippen LogP contribution in [0.4, 0.5) is 0 Å². The highest BCUT2D eigenvalue weighted by atomic mass is 32.1. The first kappa shape index (κ1) is 14.5. The van der Waals surface area contributed by atoms with E-state index in [1.807, 2.05) is 38.1 Å². The van der Waals surface area contributed by atoms with Gasteiger partial charge in [0.15, 0.2) is 0 Å². The first-order valence-electron chi connectivity index (χ1n) is 6.62. The van der Waals surface area contributed by atoms with Crippen molar-refractivity contribution in [2.24, 2.45) is 5.73 Å². The molecular weight excluding hydrogens is 270 g/mol. The Balaban J connectivity index is 1.96. The number of ether oxygens (including phenoxy) is 1. The molecule has 4 nitrogen and oxygen atoms in total. The number of amidine groups is 1. The van der Waals surface area contributed by atoms with Crippen LogP contribution in [-0.4, -0.2) is 17.4 Å². The minimum Gasteiger partial charge on any atom is -0.493 e. The molecule has 0 saturated carbocycles. The van der Waals surface area contributed by atoms with Gasteiger partial charge < -0.3 is 10.5 Å². The molecule has 2 aromatic rings. The Kier molecular flexibility index (Phi) is 4.74. The molecule has 20 heavy (non-hydrogen) atoms. The van der Waals surface area contributed by atoms with Crippen molar-refractivity contribution in [2.45, 2.75) is 26.7 Å². The van der Waals surface area contributed by atoms with Crippen LogP contribution in [0.15, 0.2) is 24.3 Å². The molecule has 1 aromatic carbocycles. The van der Waals surface area contributed by atoms with Crippen molar-refractivity contribution in [1.82, 2.24) is 4.98 Å². The van der Waals surface area contributed by atoms with Gasteiger partial charge in [0.1, 0.15) is 11.6 Å². The second kappa shape index (κ2) is 6.52. The Bertz CT molecular complexity index is 607. The van der Waals surface area contributed by atoms with Crippen LogP contribution in [0, 0.1) is 12.3 Å². The molecule has 3 N–H and O–H groups in total. The third kappa shape index (κ3) is 3.57. The maximum Gasteiger partial charge on any atom is 0.135 e. The number of aryl methyl sites for hydroxylation is 2. The smallest absolute Gasteiger partial charge is 0.135 e. The van der Waals surface area contributed by atoms with Crippen LogP contribution in [0.5, 0.6) is 5.75 Å². The van der Waals surface area contributed by atoms with Gasteiger partial charge >= 0.3 is 0 Å². The normalized spacial score (nSPS) is 10.5. The van der Waals surface area contributed by atoms with E-state index in [2.05, 4.69) is 4.98 Å². The van der Waals surface area contributed by atoms with Crippen molar-refractivity contribution in [3.05, 3.63) is 45.4 Å². The molecular formula is C15H19N3OS. The summed E-state index contributed by atoms with van der Waals surface area (Å²) in [7, 11) is 0. The number of aromatic nitrogens is 1. The Morgan fingerprint density at radius 3 is 2.85 bits per heavy atom. The van der Waals surface area contributed by atoms with Crippen molar-refractivity contribution in [3.8, 4) is 5.75 Å². The molecule has 0 saturated heterocycles. The zero-order valence-corrected chi connectivity index (χ0v) is 12.6. The lowest BCUT2D eigenvalue weighted by Gasteiger charge is -2.05. The molecule has 0 aliphatic heterocycles. The predicted molar refractivity (Wildman–Crippen MR) is 82.9 cm³/mol. The molecule has 0 atom stereocenters. The van der Waals surface area contributed by atoms with E-state index < -0.39 is 0 Å². The number of nitrogens with zero attached hydrogens (tertiary/aromatic N) is 1. The van der Waals surface area contributed by atoms with Crippen molar-refractivity contribution in [2.75, 3.05) is 6.61 Å². The number of benzene rings is 1. The van der Waals surface area contributed by atoms with E-state index in [4.69, 9.17) is 15.9 Å². The molecule has 0 unspecified atom stereocenters. The minimum atomic E-state index is 0.102. The van der Waals surface area contributed by atoms with Crippen LogP contribution in [0.3, 0.4) is 0 Å². The van der Waals surface area contributed by atoms with Crippen LogP contribution in [0.2, 0.25) is 0 Å². The number of nitrogens with two attached hydrogens (primary N) is 1. The lowest BCUT2D eigenvalue weighted by Crippen LogP contribution is -2.11. The van der Waals surface area contributed by atoms with E-state index in [1.165, 1.54) is 16.9 Å². The zero-order chi connectivity index (χ0) is 14.5. The summed E-state index contributed by atoms with van der Waals surface area (Å²) in [5.41, 5.74) is 7.66. The maximum atomic E-state index is 7.54. The zero-order valence-electron chi connectivity index (χ0n) is 11.8. The highest BCUT2D eigenvalue weighted by Gasteiger charge is 2.11. The molecule has 2 rings (SSSR count). The highest BCUT2D eigenvalue weighted by molar-refractivity contribution is 7.13. The van der Waals surface area contributed by atoms with E-state index in [1.54, 1.807) is 0 Å². The summed E-state index contributed by atoms with van der Waals surface area (Å²) in [5, 5.41) is 8.52. The molecule has 1 aromatic heterocycles. The topological polar surface area (TPSA) is 72.0 Å². The summed E-state index contributed by atoms with van der Waals surface area (Å²) in [6.45, 7) is 4.65. The molecule has 0 bridgehead atoms. The van der Waals surface area contributed by atoms with Crippen LogP contribution in [-0.2, 0) is 12.8 Å². The molecule has 0 fully saturated rings. The van der Waals surface area contributed by atoms with Crippen LogP contribution in [0.1, 0.15) is 28.1 Å². The number of hydrogen-bond donors (Lipinski definition) is 2. The summed E-state index contributed by atoms with van der Waals surface area (Å²) in [5.74, 6) is 0.981. The molecule has 0 radical (unpaired) electrons. The molecule has 106 valence electrons. The lowest BCUT2D eigenvalue weighted by molar-refractivity contribution is 0.321. The van der Waals surface area contributed by atoms with Crippen LogP contribution in [0.25, 0.3) is 0 Å². The first-order valence-corrected chi connectivity index (χ1v) is 7.44. The fraction of sp³-hybridized carbons (Fsp3) is 0.333. The van der Waals surface area contributed by atoms with E-state index >= 15 is 0 Å². The maximum absolute atomic E-state index is 7.54. The summed E-state index contributed by atoms with van der Waals surface area (Å²) in [4.78, 5) is 5.31. The third-order valence-corrected chi connectivity index (χ3v) is 4.09. The van der Waals surface area contributed by atoms with Crippen molar-refractivity contribution < 1.29 is 4.74 Å². The van der Waals surface area contributed by atoms with Gasteiger partial charge in [0.25, 0.3) is 0 Å². The van der Waals surface area contributed by atoms with Gasteiger partial charge in [-0.2, -0.15) is 0 Å². The average Bonchev–Trinajstić information content (AvgIpc) is 2.82. The Hall–Kier alpha value is -1.88. The number of rotatable bonds is 6. The second-order valence-electron chi connectivity index (χ2n) is 4.57. The van der Waals surface area contributed by atoms with E-state index in [0.29, 0.717) is 6.61 Å². The van der Waals surface area contributed by atoms with E-state index in [0.717, 1.165) is 34.2 Å². The number of thiazole rings is 1. The molecule has 5 heteroatoms. The fourth-order valence-electron chi connectivity index (χ4n) is 1.92. The summed E-state index contributed by atoms with van der Waals surface area (Å²) in [6.07, 6.45) is 1.53. The number of nitrogens with one attached hydrogen (secondary N) is 1. The van der Waals surface area contributed by atoms with Crippen molar-refractivity contribution >= 4 is 17.2 Å². The summed E-state index contributed by atoms with van der Waals surface area (Å²) < 4.78 is 5.72. The first-order chi connectivity index (χ1) is 9.60. The summed E-state index contributed by atoms with van der Waals surface area (Å²) in [6, 6.07) is 7.99. The van der Waals surface area contributed by atoms with Gasteiger partial charge in [-0.25, -0.2) is 4.98 Å². The Morgan fingerprint density at radius 1 is 1.45 bits per heavy atom. The predicted octanol–water partition coefficient (Wildman–Crippen LogP) is 2.92. The van der Waals surface area contributed by atoms with E-state index in [-0.39, 0.29) is 5.84 Å². The Morgan fingerprint density at radius 2 is 2.25 bits per heavy atom. The van der Waals surface area contributed by atoms with Gasteiger partial charge in [-0.05, 0) is 31.0 Å². The quantitative estimate of drug-likeness (QED) is 0.634. The highest BCUT2D eigenvalue weighted by Crippen LogP contribution is 2.20. The average molecular weight is 289 g/mol. The molecule has 0 amide bonds. The van der Waals surface area contributed by atoms with Gasteiger partial charge in [0.05, 0.1) is 22.2 Å². The molecule has 0 aliphatic carbocycles. The van der Waals surface area contributed by atoms with Gasteiger partial charge in [0, 0.05) is 6.42 Å². The van der Waals surface area contributed by atoms with Crippen LogP contribution < -0.4 is 10.5 Å². The minimum absolute atomic E-state index is 0.102. The third-order valence-electron chi connectivity index (χ3n) is 2.90. The van der Waals surface area contributed by atoms with Crippen LogP contribution >= 0.6 is 11.3 Å². The molecule has 1 heterocycles. The summed E-state index contributed by atoms with van der Waals surface area (Å²) >= 11 is 1.49. The standard InChI is InChI=1S/C15H19N3OS/c1-3-12-14(15(16)17)20-13(18-12)7-8-19-11-6-4-5-10(2)9-11/h4-6,9H,3,7-8H2,1-2H3,(H3,16,17). The van der Waals surface area contributed by atoms with Gasteiger partial charge in [-0.1, -0.05) is 19.1 Å².